The van der Waals surface area contributed by atoms with Gasteiger partial charge in [0.1, 0.15) is 0 Å². The molecule has 0 aliphatic carbocycles. The van der Waals surface area contributed by atoms with E-state index < -0.39 is 10.0 Å². The molecule has 2 aliphatic rings. The van der Waals surface area contributed by atoms with Crippen molar-refractivity contribution in [1.29, 1.82) is 0 Å². The summed E-state index contributed by atoms with van der Waals surface area (Å²) in [6.07, 6.45) is 2.69. The zero-order valence-electron chi connectivity index (χ0n) is 14.7. The lowest BCUT2D eigenvalue weighted by Gasteiger charge is -2.34. The van der Waals surface area contributed by atoms with Crippen molar-refractivity contribution in [3.8, 4) is 0 Å². The number of carbonyl (C=O) groups is 1. The summed E-state index contributed by atoms with van der Waals surface area (Å²) in [5, 5.41) is 3.25. The Hall–Kier alpha value is -1.70. The van der Waals surface area contributed by atoms with Gasteiger partial charge in [-0.2, -0.15) is 4.31 Å². The average molecular weight is 363 g/mol. The topological polar surface area (TPSA) is 69.7 Å². The van der Waals surface area contributed by atoms with E-state index >= 15 is 0 Å². The van der Waals surface area contributed by atoms with Gasteiger partial charge in [-0.1, -0.05) is 17.7 Å². The Morgan fingerprint density at radius 1 is 1.28 bits per heavy atom. The highest BCUT2D eigenvalue weighted by Gasteiger charge is 2.28. The Kier molecular flexibility index (Phi) is 5.27. The van der Waals surface area contributed by atoms with Gasteiger partial charge in [0, 0.05) is 44.3 Å². The molecule has 0 spiro atoms. The molecule has 1 N–H and O–H groups in total. The number of nitrogens with zero attached hydrogens (tertiary/aromatic N) is 2. The predicted octanol–water partition coefficient (Wildman–Crippen LogP) is 1.46. The van der Waals surface area contributed by atoms with E-state index in [1.807, 2.05) is 19.9 Å². The van der Waals surface area contributed by atoms with Crippen molar-refractivity contribution in [2.24, 2.45) is 0 Å². The molecule has 0 saturated carbocycles. The summed E-state index contributed by atoms with van der Waals surface area (Å²) >= 11 is 0. The summed E-state index contributed by atoms with van der Waals surface area (Å²) in [6, 6.07) is 6.52. The van der Waals surface area contributed by atoms with Gasteiger partial charge >= 0.3 is 0 Å². The Morgan fingerprint density at radius 3 is 2.76 bits per heavy atom. The Labute approximate surface area is 149 Å². The predicted molar refractivity (Wildman–Crippen MR) is 96.9 cm³/mol. The molecule has 1 atom stereocenters. The number of nitrogens with one attached hydrogen (secondary N) is 1. The third-order valence-corrected chi connectivity index (χ3v) is 6.74. The van der Waals surface area contributed by atoms with Gasteiger partial charge in [-0.3, -0.25) is 4.79 Å². The van der Waals surface area contributed by atoms with Crippen LogP contribution in [0, 0.1) is 0 Å². The number of hydrogen-bond donors (Lipinski definition) is 1. The normalized spacial score (nSPS) is 22.6. The average Bonchev–Trinajstić information content (AvgIpc) is 2.62. The number of rotatable bonds is 3. The minimum Gasteiger partial charge on any atom is -0.333 e. The summed E-state index contributed by atoms with van der Waals surface area (Å²) in [4.78, 5) is 14.8. The van der Waals surface area contributed by atoms with Gasteiger partial charge in [0.25, 0.3) is 5.91 Å². The molecular weight excluding hydrogens is 338 g/mol. The van der Waals surface area contributed by atoms with Crippen molar-refractivity contribution in [2.45, 2.75) is 31.2 Å². The molecule has 1 amide bonds. The third-order valence-electron chi connectivity index (χ3n) is 4.88. The Morgan fingerprint density at radius 2 is 2.08 bits per heavy atom. The summed E-state index contributed by atoms with van der Waals surface area (Å²) in [6.45, 7) is 7.02. The summed E-state index contributed by atoms with van der Waals surface area (Å²) in [5.74, 6) is -0.111. The van der Waals surface area contributed by atoms with Crippen LogP contribution in [0.5, 0.6) is 0 Å². The first-order valence-corrected chi connectivity index (χ1v) is 10.1. The van der Waals surface area contributed by atoms with Gasteiger partial charge in [-0.25, -0.2) is 8.42 Å². The molecule has 1 fully saturated rings. The molecule has 25 heavy (non-hydrogen) atoms. The molecule has 0 aromatic heterocycles. The van der Waals surface area contributed by atoms with Crippen LogP contribution < -0.4 is 5.32 Å². The number of carbonyl (C=O) groups excluding carboxylic acids is 1. The van der Waals surface area contributed by atoms with E-state index in [9.17, 15) is 13.2 Å². The van der Waals surface area contributed by atoms with E-state index in [0.717, 1.165) is 19.5 Å². The molecule has 136 valence electrons. The maximum Gasteiger partial charge on any atom is 0.254 e. The van der Waals surface area contributed by atoms with E-state index in [4.69, 9.17) is 0 Å². The van der Waals surface area contributed by atoms with Gasteiger partial charge in [0.2, 0.25) is 10.0 Å². The van der Waals surface area contributed by atoms with Gasteiger partial charge in [-0.05, 0) is 38.5 Å². The van der Waals surface area contributed by atoms with Crippen molar-refractivity contribution in [3.63, 3.8) is 0 Å². The zero-order valence-corrected chi connectivity index (χ0v) is 15.6. The van der Waals surface area contributed by atoms with E-state index in [1.165, 1.54) is 15.9 Å². The zero-order chi connectivity index (χ0) is 18.0. The Bertz CT molecular complexity index is 789. The fourth-order valence-corrected chi connectivity index (χ4v) is 4.64. The molecule has 1 aromatic rings. The van der Waals surface area contributed by atoms with Gasteiger partial charge in [0.05, 0.1) is 4.90 Å². The maximum atomic E-state index is 12.9. The maximum absolute atomic E-state index is 12.9. The summed E-state index contributed by atoms with van der Waals surface area (Å²) < 4.78 is 27.2. The molecule has 1 aromatic carbocycles. The molecule has 0 bridgehead atoms. The molecule has 2 heterocycles. The van der Waals surface area contributed by atoms with Gasteiger partial charge < -0.3 is 10.2 Å². The number of amides is 1. The quantitative estimate of drug-likeness (QED) is 0.826. The van der Waals surface area contributed by atoms with Crippen molar-refractivity contribution in [3.05, 3.63) is 41.5 Å². The van der Waals surface area contributed by atoms with Crippen LogP contribution in [0.3, 0.4) is 0 Å². The second kappa shape index (κ2) is 7.27. The highest BCUT2D eigenvalue weighted by atomic mass is 32.2. The van der Waals surface area contributed by atoms with Gasteiger partial charge in [-0.15, -0.1) is 0 Å². The lowest BCUT2D eigenvalue weighted by molar-refractivity contribution is 0.0655. The molecule has 0 unspecified atom stereocenters. The van der Waals surface area contributed by atoms with E-state index in [2.05, 4.69) is 5.32 Å². The summed E-state index contributed by atoms with van der Waals surface area (Å²) in [7, 11) is -3.58. The molecule has 6 nitrogen and oxygen atoms in total. The number of piperazine rings is 1. The van der Waals surface area contributed by atoms with Crippen molar-refractivity contribution < 1.29 is 13.2 Å². The summed E-state index contributed by atoms with van der Waals surface area (Å²) in [5.41, 5.74) is 1.64. The Balaban J connectivity index is 1.85. The first kappa shape index (κ1) is 18.1. The second-order valence-corrected chi connectivity index (χ2v) is 8.68. The molecule has 0 radical (unpaired) electrons. The highest BCUT2D eigenvalue weighted by molar-refractivity contribution is 7.89. The van der Waals surface area contributed by atoms with Crippen molar-refractivity contribution in [1.82, 2.24) is 14.5 Å². The number of hydrogen-bond acceptors (Lipinski definition) is 4. The van der Waals surface area contributed by atoms with E-state index in [0.29, 0.717) is 25.2 Å². The minimum absolute atomic E-state index is 0.0942. The highest BCUT2D eigenvalue weighted by Crippen LogP contribution is 2.22. The first-order chi connectivity index (χ1) is 11.9. The number of sulfonamides is 1. The van der Waals surface area contributed by atoms with Crippen LogP contribution in [-0.2, 0) is 10.0 Å². The first-order valence-electron chi connectivity index (χ1n) is 8.67. The number of benzene rings is 1. The van der Waals surface area contributed by atoms with Crippen molar-refractivity contribution >= 4 is 15.9 Å². The van der Waals surface area contributed by atoms with Crippen LogP contribution in [-0.4, -0.2) is 62.3 Å². The molecule has 7 heteroatoms. The van der Waals surface area contributed by atoms with Crippen LogP contribution in [0.4, 0.5) is 0 Å². The molecule has 3 rings (SSSR count). The molecular formula is C18H25N3O3S. The van der Waals surface area contributed by atoms with E-state index in [-0.39, 0.29) is 16.8 Å². The van der Waals surface area contributed by atoms with Crippen LogP contribution in [0.25, 0.3) is 0 Å². The van der Waals surface area contributed by atoms with E-state index in [1.54, 1.807) is 23.1 Å². The third kappa shape index (κ3) is 3.78. The molecule has 2 aliphatic heterocycles. The lowest BCUT2D eigenvalue weighted by Crippen LogP contribution is -2.52. The van der Waals surface area contributed by atoms with Crippen molar-refractivity contribution in [2.75, 3.05) is 32.7 Å². The SMILES string of the molecule is CC1=CCN(S(=O)(=O)c2cccc(C(=O)N3CCNC[C@H]3C)c2)CC1. The van der Waals surface area contributed by atoms with Gasteiger partial charge in [0.15, 0.2) is 0 Å². The molecule has 1 saturated heterocycles. The second-order valence-electron chi connectivity index (χ2n) is 6.74. The standard InChI is InChI=1S/C18H25N3O3S/c1-14-6-9-20(10-7-14)25(23,24)17-5-3-4-16(12-17)18(22)21-11-8-19-13-15(21)2/h3-6,12,15,19H,7-11,13H2,1-2H3/t15-/m1/s1. The van der Waals surface area contributed by atoms with Crippen LogP contribution in [0.1, 0.15) is 30.6 Å². The minimum atomic E-state index is -3.58. The van der Waals surface area contributed by atoms with Crippen LogP contribution in [0.2, 0.25) is 0 Å². The lowest BCUT2D eigenvalue weighted by atomic mass is 10.1. The monoisotopic (exact) mass is 363 g/mol. The fraction of sp³-hybridized carbons (Fsp3) is 0.500. The van der Waals surface area contributed by atoms with Crippen LogP contribution >= 0.6 is 0 Å². The fourth-order valence-electron chi connectivity index (χ4n) is 3.22. The smallest absolute Gasteiger partial charge is 0.254 e. The van der Waals surface area contributed by atoms with Crippen LogP contribution in [0.15, 0.2) is 40.8 Å². The largest absolute Gasteiger partial charge is 0.333 e.